The lowest BCUT2D eigenvalue weighted by Crippen LogP contribution is -2.54. The molecule has 2 rings (SSSR count). The second-order valence-electron chi connectivity index (χ2n) is 6.64. The molecule has 0 amide bonds. The normalized spacial score (nSPS) is 21.6. The van der Waals surface area contributed by atoms with E-state index in [4.69, 9.17) is 5.11 Å². The van der Waals surface area contributed by atoms with Crippen LogP contribution in [0.25, 0.3) is 0 Å². The Morgan fingerprint density at radius 2 is 2.04 bits per heavy atom. The Hall–Kier alpha value is -1.91. The minimum absolute atomic E-state index is 0.125. The maximum Gasteiger partial charge on any atom is 0.317 e. The van der Waals surface area contributed by atoms with Gasteiger partial charge in [-0.15, -0.1) is 0 Å². The molecule has 1 aliphatic heterocycles. The first-order valence-corrected chi connectivity index (χ1v) is 9.13. The third kappa shape index (κ3) is 5.28. The number of carboxylic acid groups (broad SMARTS) is 1. The van der Waals surface area contributed by atoms with Gasteiger partial charge in [0.25, 0.3) is 0 Å². The van der Waals surface area contributed by atoms with E-state index in [9.17, 15) is 4.79 Å². The van der Waals surface area contributed by atoms with Gasteiger partial charge in [0.1, 0.15) is 0 Å². The average Bonchev–Trinajstić information content (AvgIpc) is 2.61. The van der Waals surface area contributed by atoms with E-state index in [0.717, 1.165) is 26.1 Å². The molecule has 25 heavy (non-hydrogen) atoms. The molecule has 1 unspecified atom stereocenters. The maximum atomic E-state index is 11.1. The van der Waals surface area contributed by atoms with Crippen molar-refractivity contribution in [3.63, 3.8) is 0 Å². The van der Waals surface area contributed by atoms with Crippen molar-refractivity contribution in [2.24, 2.45) is 0 Å². The molecule has 1 aliphatic rings. The van der Waals surface area contributed by atoms with Crippen molar-refractivity contribution in [1.82, 2.24) is 9.80 Å². The zero-order valence-electron chi connectivity index (χ0n) is 15.6. The van der Waals surface area contributed by atoms with Gasteiger partial charge in [-0.05, 0) is 31.4 Å². The van der Waals surface area contributed by atoms with Crippen LogP contribution in [0.3, 0.4) is 0 Å². The Morgan fingerprint density at radius 3 is 2.60 bits per heavy atom. The number of hydrogen-bond donors (Lipinski definition) is 1. The van der Waals surface area contributed by atoms with Gasteiger partial charge in [-0.2, -0.15) is 0 Å². The first-order valence-electron chi connectivity index (χ1n) is 9.13. The predicted octanol–water partition coefficient (Wildman–Crippen LogP) is 3.73. The third-order valence-corrected chi connectivity index (χ3v) is 4.88. The standard InChI is InChI=1S/C21H30N2O2/c1-4-6-10-18(5-2)21(19-11-8-7-9-12-19)23-14-13-22(16-20(24)25)17(3)15-23/h4,6-12,17,21H,5,13-16H2,1-3H3,(H,24,25)/b6-4-,18-10+/t17-,21?/m0/s1. The molecule has 1 N–H and O–H groups in total. The van der Waals surface area contributed by atoms with Gasteiger partial charge in [-0.25, -0.2) is 0 Å². The summed E-state index contributed by atoms with van der Waals surface area (Å²) < 4.78 is 0. The monoisotopic (exact) mass is 342 g/mol. The number of carboxylic acids is 1. The van der Waals surface area contributed by atoms with Gasteiger partial charge in [0.15, 0.2) is 0 Å². The van der Waals surface area contributed by atoms with E-state index >= 15 is 0 Å². The Morgan fingerprint density at radius 1 is 1.32 bits per heavy atom. The number of benzene rings is 1. The third-order valence-electron chi connectivity index (χ3n) is 4.88. The van der Waals surface area contributed by atoms with Gasteiger partial charge >= 0.3 is 5.97 Å². The van der Waals surface area contributed by atoms with Crippen LogP contribution in [0.2, 0.25) is 0 Å². The van der Waals surface area contributed by atoms with Crippen molar-refractivity contribution < 1.29 is 9.90 Å². The number of nitrogens with zero attached hydrogens (tertiary/aromatic N) is 2. The van der Waals surface area contributed by atoms with E-state index in [-0.39, 0.29) is 18.6 Å². The summed E-state index contributed by atoms with van der Waals surface area (Å²) in [5, 5.41) is 9.09. The number of rotatable bonds is 7. The highest BCUT2D eigenvalue weighted by atomic mass is 16.4. The SMILES string of the molecule is C/C=C\C=C(/CC)C(c1ccccc1)N1CCN(CC(=O)O)[C@@H](C)C1. The predicted molar refractivity (Wildman–Crippen MR) is 103 cm³/mol. The lowest BCUT2D eigenvalue weighted by atomic mass is 9.93. The first-order chi connectivity index (χ1) is 12.1. The van der Waals surface area contributed by atoms with E-state index in [1.165, 1.54) is 11.1 Å². The van der Waals surface area contributed by atoms with Crippen molar-refractivity contribution in [3.8, 4) is 0 Å². The Balaban J connectivity index is 2.26. The average molecular weight is 342 g/mol. The van der Waals surface area contributed by atoms with Gasteiger partial charge in [-0.1, -0.05) is 55.5 Å². The van der Waals surface area contributed by atoms with E-state index < -0.39 is 5.97 Å². The van der Waals surface area contributed by atoms with Gasteiger partial charge in [0.05, 0.1) is 12.6 Å². The van der Waals surface area contributed by atoms with Crippen LogP contribution in [0.15, 0.2) is 54.1 Å². The summed E-state index contributed by atoms with van der Waals surface area (Å²) in [6, 6.07) is 11.1. The molecule has 0 radical (unpaired) electrons. The fourth-order valence-electron chi connectivity index (χ4n) is 3.58. The zero-order chi connectivity index (χ0) is 18.2. The Labute approximate surface area is 151 Å². The second-order valence-corrected chi connectivity index (χ2v) is 6.64. The second kappa shape index (κ2) is 9.54. The van der Waals surface area contributed by atoms with Gasteiger partial charge in [0.2, 0.25) is 0 Å². The van der Waals surface area contributed by atoms with Crippen LogP contribution < -0.4 is 0 Å². The molecule has 1 fully saturated rings. The minimum atomic E-state index is -0.748. The Kier molecular flexibility index (Phi) is 7.41. The summed E-state index contributed by atoms with van der Waals surface area (Å²) in [5.74, 6) is -0.748. The molecule has 4 nitrogen and oxygen atoms in total. The smallest absolute Gasteiger partial charge is 0.317 e. The molecule has 0 spiro atoms. The summed E-state index contributed by atoms with van der Waals surface area (Å²) >= 11 is 0. The molecule has 136 valence electrons. The van der Waals surface area contributed by atoms with E-state index in [1.807, 2.05) is 6.92 Å². The first kappa shape index (κ1) is 19.4. The van der Waals surface area contributed by atoms with Crippen LogP contribution >= 0.6 is 0 Å². The van der Waals surface area contributed by atoms with Crippen molar-refractivity contribution in [1.29, 1.82) is 0 Å². The summed E-state index contributed by atoms with van der Waals surface area (Å²) in [4.78, 5) is 15.6. The topological polar surface area (TPSA) is 43.8 Å². The number of carbonyl (C=O) groups is 1. The molecule has 0 bridgehead atoms. The molecule has 1 saturated heterocycles. The van der Waals surface area contributed by atoms with Crippen molar-refractivity contribution in [2.45, 2.75) is 39.3 Å². The molecular formula is C21H30N2O2. The van der Waals surface area contributed by atoms with Crippen LogP contribution in [0, 0.1) is 0 Å². The quantitative estimate of drug-likeness (QED) is 0.767. The van der Waals surface area contributed by atoms with Gasteiger partial charge < -0.3 is 5.11 Å². The molecular weight excluding hydrogens is 312 g/mol. The Bertz CT molecular complexity index is 610. The van der Waals surface area contributed by atoms with Crippen LogP contribution in [0.5, 0.6) is 0 Å². The summed E-state index contributed by atoms with van der Waals surface area (Å²) in [7, 11) is 0. The highest BCUT2D eigenvalue weighted by Gasteiger charge is 2.31. The molecule has 4 heteroatoms. The van der Waals surface area contributed by atoms with Gasteiger partial charge in [-0.3, -0.25) is 14.6 Å². The van der Waals surface area contributed by atoms with Crippen molar-refractivity contribution >= 4 is 5.97 Å². The highest BCUT2D eigenvalue weighted by molar-refractivity contribution is 5.69. The molecule has 1 aromatic rings. The number of allylic oxidation sites excluding steroid dienone is 3. The molecule has 1 heterocycles. The lowest BCUT2D eigenvalue weighted by Gasteiger charge is -2.43. The van der Waals surface area contributed by atoms with Gasteiger partial charge in [0, 0.05) is 25.7 Å². The van der Waals surface area contributed by atoms with Crippen LogP contribution in [0.4, 0.5) is 0 Å². The molecule has 0 aliphatic carbocycles. The summed E-state index contributed by atoms with van der Waals surface area (Å²) in [5.41, 5.74) is 2.70. The fraction of sp³-hybridized carbons (Fsp3) is 0.476. The highest BCUT2D eigenvalue weighted by Crippen LogP contribution is 2.32. The van der Waals surface area contributed by atoms with Crippen molar-refractivity contribution in [3.05, 3.63) is 59.7 Å². The number of aliphatic carboxylic acids is 1. The van der Waals surface area contributed by atoms with E-state index in [1.54, 1.807) is 0 Å². The van der Waals surface area contributed by atoms with Crippen LogP contribution in [-0.4, -0.2) is 53.1 Å². The fourth-order valence-corrected chi connectivity index (χ4v) is 3.58. The molecule has 1 aromatic carbocycles. The summed E-state index contributed by atoms with van der Waals surface area (Å²) in [6.45, 7) is 9.03. The number of hydrogen-bond acceptors (Lipinski definition) is 3. The largest absolute Gasteiger partial charge is 0.480 e. The zero-order valence-corrected chi connectivity index (χ0v) is 15.6. The number of piperazine rings is 1. The maximum absolute atomic E-state index is 11.1. The van der Waals surface area contributed by atoms with Crippen LogP contribution in [0.1, 0.15) is 38.8 Å². The molecule has 0 saturated carbocycles. The molecule has 0 aromatic heterocycles. The van der Waals surface area contributed by atoms with Crippen molar-refractivity contribution in [2.75, 3.05) is 26.2 Å². The summed E-state index contributed by atoms with van der Waals surface area (Å²) in [6.07, 6.45) is 7.39. The lowest BCUT2D eigenvalue weighted by molar-refractivity contribution is -0.139. The molecule has 2 atom stereocenters. The van der Waals surface area contributed by atoms with Crippen LogP contribution in [-0.2, 0) is 4.79 Å². The van der Waals surface area contributed by atoms with E-state index in [0.29, 0.717) is 0 Å². The van der Waals surface area contributed by atoms with E-state index in [2.05, 4.69) is 72.2 Å². The minimum Gasteiger partial charge on any atom is -0.480 e.